The molecule has 0 spiro atoms. The maximum atomic E-state index is 9.49. The number of nitrogens with one attached hydrogen (secondary N) is 1. The van der Waals surface area contributed by atoms with Crippen LogP contribution in [0.2, 0.25) is 5.02 Å². The molecule has 0 bridgehead atoms. The summed E-state index contributed by atoms with van der Waals surface area (Å²) in [4.78, 5) is 5.89. The van der Waals surface area contributed by atoms with E-state index in [1.165, 1.54) is 4.90 Å². The maximum absolute atomic E-state index is 9.49. The van der Waals surface area contributed by atoms with Crippen LogP contribution in [-0.2, 0) is 25.6 Å². The fourth-order valence-corrected chi connectivity index (χ4v) is 3.19. The molecular weight excluding hydrogens is 302 g/mol. The van der Waals surface area contributed by atoms with Gasteiger partial charge in [0, 0.05) is 22.6 Å². The van der Waals surface area contributed by atoms with Crippen molar-refractivity contribution in [1.82, 2.24) is 4.98 Å². The Labute approximate surface area is 134 Å². The lowest BCUT2D eigenvalue weighted by atomic mass is 9.92. The normalized spacial score (nSPS) is 17.1. The predicted molar refractivity (Wildman–Crippen MR) is 84.2 cm³/mol. The molecule has 21 heavy (non-hydrogen) atoms. The second-order valence-corrected chi connectivity index (χ2v) is 6.17. The van der Waals surface area contributed by atoms with Crippen LogP contribution in [0.3, 0.4) is 0 Å². The van der Waals surface area contributed by atoms with E-state index in [0.717, 1.165) is 41.9 Å². The summed E-state index contributed by atoms with van der Waals surface area (Å²) in [6, 6.07) is 9.80. The molecule has 0 radical (unpaired) electrons. The first-order valence-corrected chi connectivity index (χ1v) is 7.59. The molecule has 1 aliphatic heterocycles. The van der Waals surface area contributed by atoms with Crippen LogP contribution in [0.4, 0.5) is 0 Å². The zero-order valence-electron chi connectivity index (χ0n) is 11.6. The summed E-state index contributed by atoms with van der Waals surface area (Å²) in [5.74, 6) is 0. The minimum absolute atomic E-state index is 0.403. The highest BCUT2D eigenvalue weighted by Crippen LogP contribution is 2.32. The number of halogens is 1. The van der Waals surface area contributed by atoms with Crippen molar-refractivity contribution in [3.63, 3.8) is 0 Å². The molecule has 0 saturated carbocycles. The molecule has 0 fully saturated rings. The van der Waals surface area contributed by atoms with Gasteiger partial charge in [-0.15, -0.1) is 0 Å². The molecule has 5 heteroatoms. The van der Waals surface area contributed by atoms with Gasteiger partial charge in [0.25, 0.3) is 0 Å². The van der Waals surface area contributed by atoms with Gasteiger partial charge in [0.1, 0.15) is 6.54 Å². The second kappa shape index (κ2) is 5.61. The van der Waals surface area contributed by atoms with Gasteiger partial charge >= 0.3 is 0 Å². The number of quaternary nitrogens is 1. The fraction of sp³-hybridized carbons (Fsp3) is 0.250. The smallest absolute Gasteiger partial charge is 0.105 e. The van der Waals surface area contributed by atoms with E-state index in [-0.39, 0.29) is 0 Å². The number of benzene rings is 1. The van der Waals surface area contributed by atoms with Crippen LogP contribution in [0.1, 0.15) is 16.8 Å². The van der Waals surface area contributed by atoms with Crippen LogP contribution in [0.5, 0.6) is 0 Å². The van der Waals surface area contributed by atoms with Crippen LogP contribution >= 0.6 is 11.6 Å². The Kier molecular flexibility index (Phi) is 3.81. The van der Waals surface area contributed by atoms with Gasteiger partial charge in [0.2, 0.25) is 0 Å². The van der Waals surface area contributed by atoms with Gasteiger partial charge in [-0.25, -0.2) is 0 Å². The van der Waals surface area contributed by atoms with Gasteiger partial charge < -0.3 is 17.5 Å². The van der Waals surface area contributed by atoms with Crippen molar-refractivity contribution >= 4 is 24.2 Å². The zero-order valence-corrected chi connectivity index (χ0v) is 13.2. The van der Waals surface area contributed by atoms with Crippen LogP contribution in [0.25, 0.3) is 11.1 Å². The first-order valence-electron chi connectivity index (χ1n) is 6.80. The molecule has 0 saturated heterocycles. The SMILES string of the molecule is C[NH+]1CCc2nc([S-])c(C#N)c(-c3ccc(Cl)cc3)c2C1. The summed E-state index contributed by atoms with van der Waals surface area (Å²) >= 11 is 11.3. The summed E-state index contributed by atoms with van der Waals surface area (Å²) < 4.78 is 0. The van der Waals surface area contributed by atoms with Crippen LogP contribution < -0.4 is 4.90 Å². The third kappa shape index (κ3) is 2.60. The first kappa shape index (κ1) is 14.3. The second-order valence-electron chi connectivity index (χ2n) is 5.34. The number of pyridine rings is 1. The van der Waals surface area contributed by atoms with E-state index in [2.05, 4.69) is 18.1 Å². The first-order chi connectivity index (χ1) is 10.1. The minimum atomic E-state index is 0.403. The van der Waals surface area contributed by atoms with E-state index in [0.29, 0.717) is 15.6 Å². The van der Waals surface area contributed by atoms with Crippen molar-refractivity contribution in [2.45, 2.75) is 18.0 Å². The van der Waals surface area contributed by atoms with Crippen molar-refractivity contribution in [2.24, 2.45) is 0 Å². The van der Waals surface area contributed by atoms with E-state index >= 15 is 0 Å². The number of hydrogen-bond acceptors (Lipinski definition) is 3. The van der Waals surface area contributed by atoms with Gasteiger partial charge in [-0.2, -0.15) is 5.26 Å². The van der Waals surface area contributed by atoms with E-state index in [9.17, 15) is 5.26 Å². The molecule has 1 atom stereocenters. The van der Waals surface area contributed by atoms with Crippen molar-refractivity contribution in [1.29, 1.82) is 5.26 Å². The van der Waals surface area contributed by atoms with Gasteiger partial charge in [-0.1, -0.05) is 28.8 Å². The molecule has 0 amide bonds. The Morgan fingerprint density at radius 1 is 1.33 bits per heavy atom. The molecule has 3 nitrogen and oxygen atoms in total. The van der Waals surface area contributed by atoms with Crippen molar-refractivity contribution in [2.75, 3.05) is 13.6 Å². The number of nitrogens with zero attached hydrogens (tertiary/aromatic N) is 2. The molecule has 106 valence electrons. The summed E-state index contributed by atoms with van der Waals surface area (Å²) in [5.41, 5.74) is 4.60. The molecule has 1 aromatic heterocycles. The number of hydrogen-bond donors (Lipinski definition) is 1. The zero-order chi connectivity index (χ0) is 15.0. The number of nitriles is 1. The quantitative estimate of drug-likeness (QED) is 0.815. The summed E-state index contributed by atoms with van der Waals surface area (Å²) in [6.07, 6.45) is 0.900. The number of likely N-dealkylation sites (N-methyl/N-ethyl adjacent to an activating group) is 1. The highest BCUT2D eigenvalue weighted by atomic mass is 35.5. The molecule has 1 N–H and O–H groups in total. The minimum Gasteiger partial charge on any atom is -0.759 e. The van der Waals surface area contributed by atoms with Gasteiger partial charge in [0.15, 0.2) is 0 Å². The highest BCUT2D eigenvalue weighted by Gasteiger charge is 2.24. The van der Waals surface area contributed by atoms with Gasteiger partial charge in [-0.3, -0.25) is 4.98 Å². The van der Waals surface area contributed by atoms with Crippen LogP contribution in [0, 0.1) is 11.3 Å². The number of aromatic nitrogens is 1. The van der Waals surface area contributed by atoms with E-state index in [1.54, 1.807) is 0 Å². The van der Waals surface area contributed by atoms with Gasteiger partial charge in [0.05, 0.1) is 30.9 Å². The Bertz CT molecular complexity index is 735. The summed E-state index contributed by atoms with van der Waals surface area (Å²) in [7, 11) is 2.15. The largest absolute Gasteiger partial charge is 0.759 e. The summed E-state index contributed by atoms with van der Waals surface area (Å²) in [5, 5.41) is 10.6. The molecule has 2 aromatic rings. The predicted octanol–water partition coefficient (Wildman–Crippen LogP) is 1.75. The third-order valence-corrected chi connectivity index (χ3v) is 4.41. The van der Waals surface area contributed by atoms with Crippen LogP contribution in [0.15, 0.2) is 29.3 Å². The fourth-order valence-electron chi connectivity index (χ4n) is 2.81. The number of fused-ring (bicyclic) bond motifs is 1. The molecule has 1 unspecified atom stereocenters. The number of rotatable bonds is 1. The molecule has 1 aromatic carbocycles. The third-order valence-electron chi connectivity index (χ3n) is 3.86. The van der Waals surface area contributed by atoms with E-state index in [4.69, 9.17) is 24.2 Å². The average Bonchev–Trinajstić information content (AvgIpc) is 2.47. The lowest BCUT2D eigenvalue weighted by Gasteiger charge is -2.27. The molecule has 3 rings (SSSR count). The molecule has 0 aliphatic carbocycles. The lowest BCUT2D eigenvalue weighted by Crippen LogP contribution is -3.08. The Morgan fingerprint density at radius 2 is 2.05 bits per heavy atom. The van der Waals surface area contributed by atoms with Crippen molar-refractivity contribution in [3.05, 3.63) is 46.1 Å². The maximum Gasteiger partial charge on any atom is 0.105 e. The van der Waals surface area contributed by atoms with Crippen molar-refractivity contribution < 1.29 is 4.90 Å². The molecular formula is C16H14ClN3S. The standard InChI is InChI=1S/C16H14ClN3S/c1-20-7-6-14-13(9-20)15(12(8-18)16(21)19-14)10-2-4-11(17)5-3-10/h2-5H,6-7,9H2,1H3,(H,19,21). The Balaban J connectivity index is 2.28. The van der Waals surface area contributed by atoms with Crippen molar-refractivity contribution in [3.8, 4) is 17.2 Å². The summed E-state index contributed by atoms with van der Waals surface area (Å²) in [6.45, 7) is 1.91. The van der Waals surface area contributed by atoms with E-state index < -0.39 is 0 Å². The molecule has 1 aliphatic rings. The van der Waals surface area contributed by atoms with Crippen LogP contribution in [-0.4, -0.2) is 18.6 Å². The topological polar surface area (TPSA) is 41.1 Å². The monoisotopic (exact) mass is 315 g/mol. The van der Waals surface area contributed by atoms with E-state index in [1.807, 2.05) is 24.3 Å². The molecule has 2 heterocycles. The van der Waals surface area contributed by atoms with Gasteiger partial charge in [-0.05, 0) is 17.7 Å². The Morgan fingerprint density at radius 3 is 2.71 bits per heavy atom. The lowest BCUT2D eigenvalue weighted by molar-refractivity contribution is -0.895. The average molecular weight is 316 g/mol. The highest BCUT2D eigenvalue weighted by molar-refractivity contribution is 7.58. The Hall–Kier alpha value is -1.67.